The van der Waals surface area contributed by atoms with E-state index in [1.165, 1.54) is 6.92 Å². The fourth-order valence-corrected chi connectivity index (χ4v) is 0.887. The van der Waals surface area contributed by atoms with Gasteiger partial charge in [-0.15, -0.1) is 0 Å². The third-order valence-corrected chi connectivity index (χ3v) is 1.47. The molecular formula is C5H12NO5P. The second-order valence-corrected chi connectivity index (χ2v) is 3.40. The van der Waals surface area contributed by atoms with Gasteiger partial charge in [-0.25, -0.2) is 4.57 Å². The second-order valence-electron chi connectivity index (χ2n) is 2.16. The molecule has 0 rings (SSSR count). The minimum atomic E-state index is -4.34. The Morgan fingerprint density at radius 2 is 2.17 bits per heavy atom. The summed E-state index contributed by atoms with van der Waals surface area (Å²) < 4.78 is 14.2. The van der Waals surface area contributed by atoms with Crippen LogP contribution in [0.4, 0.5) is 0 Å². The number of phosphoric acid groups is 1. The molecule has 0 aliphatic heterocycles. The summed E-state index contributed by atoms with van der Waals surface area (Å²) in [6.07, 6.45) is 0.380. The van der Waals surface area contributed by atoms with Gasteiger partial charge in [-0.2, -0.15) is 0 Å². The number of amides is 1. The second kappa shape index (κ2) is 5.27. The molecule has 7 heteroatoms. The van der Waals surface area contributed by atoms with Crippen LogP contribution in [0, 0.1) is 0 Å². The Balaban J connectivity index is 3.23. The van der Waals surface area contributed by atoms with E-state index < -0.39 is 7.82 Å². The van der Waals surface area contributed by atoms with Crippen LogP contribution in [-0.2, 0) is 13.9 Å². The number of phosphoric ester groups is 1. The fraction of sp³-hybridized carbons (Fsp3) is 0.800. The maximum absolute atomic E-state index is 10.3. The standard InChI is InChI=1S/C5H12NO5P/c1-5(7)6-3-2-4-11-12(8,9)10/h2-4H2,1H3,(H,6,7)(H2,8,9,10). The fourth-order valence-electron chi connectivity index (χ4n) is 0.520. The van der Waals surface area contributed by atoms with Gasteiger partial charge in [0.25, 0.3) is 0 Å². The van der Waals surface area contributed by atoms with E-state index in [-0.39, 0.29) is 12.5 Å². The molecule has 0 unspecified atom stereocenters. The van der Waals surface area contributed by atoms with Crippen molar-refractivity contribution >= 4 is 13.7 Å². The van der Waals surface area contributed by atoms with Crippen molar-refractivity contribution in [2.45, 2.75) is 13.3 Å². The van der Waals surface area contributed by atoms with Gasteiger partial charge in [-0.1, -0.05) is 0 Å². The predicted octanol–water partition coefficient (Wildman–Crippen LogP) is -0.378. The van der Waals surface area contributed by atoms with Crippen molar-refractivity contribution in [1.29, 1.82) is 0 Å². The lowest BCUT2D eigenvalue weighted by molar-refractivity contribution is -0.118. The van der Waals surface area contributed by atoms with Gasteiger partial charge in [0.2, 0.25) is 5.91 Å². The molecule has 3 N–H and O–H groups in total. The molecule has 1 amide bonds. The van der Waals surface area contributed by atoms with Crippen LogP contribution in [0.1, 0.15) is 13.3 Å². The van der Waals surface area contributed by atoms with Crippen LogP contribution >= 0.6 is 7.82 Å². The zero-order valence-electron chi connectivity index (χ0n) is 6.69. The number of hydrogen-bond acceptors (Lipinski definition) is 3. The number of hydrogen-bond donors (Lipinski definition) is 3. The van der Waals surface area contributed by atoms with Gasteiger partial charge in [0.05, 0.1) is 6.61 Å². The minimum absolute atomic E-state index is 0.0649. The van der Waals surface area contributed by atoms with Crippen LogP contribution < -0.4 is 5.32 Å². The highest BCUT2D eigenvalue weighted by Gasteiger charge is 2.12. The monoisotopic (exact) mass is 197 g/mol. The number of nitrogens with one attached hydrogen (secondary N) is 1. The Labute approximate surface area is 70.2 Å². The van der Waals surface area contributed by atoms with Gasteiger partial charge in [0, 0.05) is 13.5 Å². The van der Waals surface area contributed by atoms with Crippen molar-refractivity contribution < 1.29 is 23.7 Å². The average Bonchev–Trinajstić information content (AvgIpc) is 1.83. The molecule has 72 valence electrons. The van der Waals surface area contributed by atoms with Gasteiger partial charge < -0.3 is 15.1 Å². The van der Waals surface area contributed by atoms with Gasteiger partial charge >= 0.3 is 7.82 Å². The summed E-state index contributed by atoms with van der Waals surface area (Å²) in [5.74, 6) is -0.175. The Morgan fingerprint density at radius 1 is 1.58 bits per heavy atom. The largest absolute Gasteiger partial charge is 0.469 e. The number of rotatable bonds is 5. The van der Waals surface area contributed by atoms with Crippen molar-refractivity contribution in [2.24, 2.45) is 0 Å². The molecule has 6 nitrogen and oxygen atoms in total. The molecule has 0 aromatic carbocycles. The quantitative estimate of drug-likeness (QED) is 0.412. The normalized spacial score (nSPS) is 11.2. The molecule has 0 aromatic heterocycles. The van der Waals surface area contributed by atoms with E-state index in [1.807, 2.05) is 0 Å². The van der Waals surface area contributed by atoms with Crippen molar-refractivity contribution in [3.63, 3.8) is 0 Å². The molecule has 0 atom stereocenters. The first-order chi connectivity index (χ1) is 5.42. The third-order valence-electron chi connectivity index (χ3n) is 0.955. The van der Waals surface area contributed by atoms with E-state index in [9.17, 15) is 9.36 Å². The van der Waals surface area contributed by atoms with E-state index >= 15 is 0 Å². The summed E-state index contributed by atoms with van der Waals surface area (Å²) in [5.41, 5.74) is 0. The molecule has 0 fully saturated rings. The molecule has 0 aliphatic rings. The van der Waals surface area contributed by atoms with Gasteiger partial charge in [-0.05, 0) is 6.42 Å². The lowest BCUT2D eigenvalue weighted by atomic mass is 10.4. The van der Waals surface area contributed by atoms with Gasteiger partial charge in [0.15, 0.2) is 0 Å². The van der Waals surface area contributed by atoms with E-state index in [4.69, 9.17) is 9.79 Å². The zero-order valence-corrected chi connectivity index (χ0v) is 7.58. The molecule has 0 bridgehead atoms. The lowest BCUT2D eigenvalue weighted by Gasteiger charge is -2.04. The number of carbonyl (C=O) groups is 1. The highest BCUT2D eigenvalue weighted by Crippen LogP contribution is 2.35. The topological polar surface area (TPSA) is 95.9 Å². The highest BCUT2D eigenvalue weighted by molar-refractivity contribution is 7.46. The SMILES string of the molecule is CC(=O)NCCCOP(=O)(O)O. The van der Waals surface area contributed by atoms with Crippen molar-refractivity contribution in [3.05, 3.63) is 0 Å². The molecular weight excluding hydrogens is 185 g/mol. The van der Waals surface area contributed by atoms with Gasteiger partial charge in [-0.3, -0.25) is 9.32 Å². The van der Waals surface area contributed by atoms with Crippen LogP contribution in [0.25, 0.3) is 0 Å². The highest BCUT2D eigenvalue weighted by atomic mass is 31.2. The number of carbonyl (C=O) groups excluding carboxylic acids is 1. The first-order valence-corrected chi connectivity index (χ1v) is 4.89. The Hall–Kier alpha value is -0.420. The Morgan fingerprint density at radius 3 is 2.58 bits per heavy atom. The summed E-state index contributed by atoms with van der Waals surface area (Å²) >= 11 is 0. The molecule has 0 spiro atoms. The molecule has 0 heterocycles. The van der Waals surface area contributed by atoms with E-state index in [0.29, 0.717) is 13.0 Å². The summed E-state index contributed by atoms with van der Waals surface area (Å²) in [4.78, 5) is 26.8. The summed E-state index contributed by atoms with van der Waals surface area (Å²) in [7, 11) is -4.34. The third kappa shape index (κ3) is 9.58. The van der Waals surface area contributed by atoms with E-state index in [1.54, 1.807) is 0 Å². The van der Waals surface area contributed by atoms with Gasteiger partial charge in [0.1, 0.15) is 0 Å². The Bertz CT molecular complexity index is 188. The van der Waals surface area contributed by atoms with E-state index in [0.717, 1.165) is 0 Å². The maximum Gasteiger partial charge on any atom is 0.469 e. The average molecular weight is 197 g/mol. The lowest BCUT2D eigenvalue weighted by Crippen LogP contribution is -2.21. The predicted molar refractivity (Wildman–Crippen MR) is 41.3 cm³/mol. The summed E-state index contributed by atoms with van der Waals surface area (Å²) in [6, 6.07) is 0. The van der Waals surface area contributed by atoms with Crippen molar-refractivity contribution in [3.8, 4) is 0 Å². The van der Waals surface area contributed by atoms with E-state index in [2.05, 4.69) is 9.84 Å². The Kier molecular flexibility index (Phi) is 5.08. The van der Waals surface area contributed by atoms with Crippen molar-refractivity contribution in [2.75, 3.05) is 13.2 Å². The molecule has 0 saturated carbocycles. The first-order valence-electron chi connectivity index (χ1n) is 3.36. The molecule has 12 heavy (non-hydrogen) atoms. The molecule has 0 aromatic rings. The first kappa shape index (κ1) is 11.6. The zero-order chi connectivity index (χ0) is 9.61. The molecule has 0 radical (unpaired) electrons. The van der Waals surface area contributed by atoms with Crippen LogP contribution in [0.5, 0.6) is 0 Å². The van der Waals surface area contributed by atoms with Crippen LogP contribution in [-0.4, -0.2) is 28.8 Å². The maximum atomic E-state index is 10.3. The smallest absolute Gasteiger partial charge is 0.356 e. The van der Waals surface area contributed by atoms with Crippen LogP contribution in [0.2, 0.25) is 0 Å². The van der Waals surface area contributed by atoms with Crippen molar-refractivity contribution in [1.82, 2.24) is 5.32 Å². The van der Waals surface area contributed by atoms with Crippen LogP contribution in [0.3, 0.4) is 0 Å². The molecule has 0 saturated heterocycles. The minimum Gasteiger partial charge on any atom is -0.356 e. The summed E-state index contributed by atoms with van der Waals surface area (Å²) in [5, 5.41) is 2.46. The molecule has 0 aliphatic carbocycles. The summed E-state index contributed by atoms with van der Waals surface area (Å²) in [6.45, 7) is 1.66. The van der Waals surface area contributed by atoms with Crippen LogP contribution in [0.15, 0.2) is 0 Å².